The van der Waals surface area contributed by atoms with Gasteiger partial charge in [0.1, 0.15) is 0 Å². The minimum absolute atomic E-state index is 0.0634. The summed E-state index contributed by atoms with van der Waals surface area (Å²) in [5, 5.41) is 13.6. The van der Waals surface area contributed by atoms with Gasteiger partial charge in [-0.05, 0) is 93.7 Å². The molecule has 1 heterocycles. The van der Waals surface area contributed by atoms with Gasteiger partial charge in [-0.25, -0.2) is 0 Å². The normalized spacial score (nSPS) is 22.1. The summed E-state index contributed by atoms with van der Waals surface area (Å²) in [4.78, 5) is 38.8. The molecule has 11 heteroatoms. The summed E-state index contributed by atoms with van der Waals surface area (Å²) in [5.74, 6) is -3.77. The van der Waals surface area contributed by atoms with Gasteiger partial charge in [0, 0.05) is 12.3 Å². The second-order valence-corrected chi connectivity index (χ2v) is 13.6. The Bertz CT molecular complexity index is 1310. The molecule has 0 radical (unpaired) electrons. The Kier molecular flexibility index (Phi) is 9.82. The van der Waals surface area contributed by atoms with Gasteiger partial charge in [-0.15, -0.1) is 0 Å². The summed E-state index contributed by atoms with van der Waals surface area (Å²) in [5.41, 5.74) is -0.733. The van der Waals surface area contributed by atoms with E-state index in [2.05, 4.69) is 18.9 Å². The van der Waals surface area contributed by atoms with Crippen molar-refractivity contribution in [1.29, 1.82) is 0 Å². The van der Waals surface area contributed by atoms with Crippen molar-refractivity contribution in [3.63, 3.8) is 0 Å². The van der Waals surface area contributed by atoms with E-state index < -0.39 is 52.8 Å². The van der Waals surface area contributed by atoms with Crippen LogP contribution in [0.5, 0.6) is 0 Å². The van der Waals surface area contributed by atoms with E-state index >= 15 is 0 Å². The molecule has 1 aromatic carbocycles. The molecule has 0 saturated heterocycles. The number of ketones is 2. The largest absolute Gasteiger partial charge is 0.481 e. The molecule has 6 nitrogen and oxygen atoms in total. The van der Waals surface area contributed by atoms with Gasteiger partial charge in [-0.3, -0.25) is 19.1 Å². The minimum Gasteiger partial charge on any atom is -0.481 e. The third kappa shape index (κ3) is 7.39. The summed E-state index contributed by atoms with van der Waals surface area (Å²) in [6.45, 7) is 6.11. The van der Waals surface area contributed by atoms with Crippen LogP contribution in [-0.4, -0.2) is 32.4 Å². The standard InChI is InChI=1S/C31H37Cl2F3N2O4/c1-17-12-23(32)26(24(33)13-17)25(39)15-20(14-18-8-10-30(2,3)11-9-18)27(40)22-16-37-38(28(22)31(34,35)36)21-6-4-19(5-7-21)29(41)42/h12-13,16,18-21H,4-11,14-15H2,1-3H3,(H,41,42). The Morgan fingerprint density at radius 2 is 1.62 bits per heavy atom. The molecule has 2 saturated carbocycles. The molecule has 0 amide bonds. The van der Waals surface area contributed by atoms with Gasteiger partial charge < -0.3 is 5.11 Å². The fourth-order valence-corrected chi connectivity index (χ4v) is 7.37. The first-order chi connectivity index (χ1) is 19.6. The van der Waals surface area contributed by atoms with Crippen LogP contribution in [0, 0.1) is 30.1 Å². The Balaban J connectivity index is 1.67. The van der Waals surface area contributed by atoms with Gasteiger partial charge in [0.2, 0.25) is 0 Å². The highest BCUT2D eigenvalue weighted by molar-refractivity contribution is 6.40. The number of alkyl halides is 3. The van der Waals surface area contributed by atoms with Gasteiger partial charge in [0.25, 0.3) is 0 Å². The molecule has 2 fully saturated rings. The van der Waals surface area contributed by atoms with Crippen LogP contribution in [0.2, 0.25) is 10.0 Å². The molecule has 42 heavy (non-hydrogen) atoms. The fraction of sp³-hybridized carbons (Fsp3) is 0.613. The smallest absolute Gasteiger partial charge is 0.433 e. The van der Waals surface area contributed by atoms with Gasteiger partial charge in [0.15, 0.2) is 17.3 Å². The van der Waals surface area contributed by atoms with E-state index in [4.69, 9.17) is 23.2 Å². The van der Waals surface area contributed by atoms with E-state index in [9.17, 15) is 32.7 Å². The second kappa shape index (κ2) is 12.7. The van der Waals surface area contributed by atoms with Gasteiger partial charge in [-0.1, -0.05) is 37.0 Å². The number of carbonyl (C=O) groups is 3. The Morgan fingerprint density at radius 3 is 2.14 bits per heavy atom. The lowest BCUT2D eigenvalue weighted by atomic mass is 9.70. The van der Waals surface area contributed by atoms with Gasteiger partial charge in [0.05, 0.1) is 39.3 Å². The number of nitrogens with zero attached hydrogens (tertiary/aromatic N) is 2. The molecule has 2 aliphatic rings. The molecule has 2 aliphatic carbocycles. The van der Waals surface area contributed by atoms with Crippen LogP contribution in [0.15, 0.2) is 18.3 Å². The number of rotatable bonds is 9. The van der Waals surface area contributed by atoms with E-state index in [0.29, 0.717) is 0 Å². The third-order valence-corrected chi connectivity index (χ3v) is 9.66. The first-order valence-corrected chi connectivity index (χ1v) is 15.2. The average molecular weight is 630 g/mol. The number of carboxylic acids is 1. The van der Waals surface area contributed by atoms with Crippen molar-refractivity contribution in [2.45, 2.75) is 97.2 Å². The molecular weight excluding hydrogens is 592 g/mol. The number of benzene rings is 1. The molecule has 1 aromatic heterocycles. The molecule has 1 N–H and O–H groups in total. The van der Waals surface area contributed by atoms with Crippen LogP contribution in [0.25, 0.3) is 0 Å². The van der Waals surface area contributed by atoms with Crippen molar-refractivity contribution < 1.29 is 32.7 Å². The maximum absolute atomic E-state index is 14.5. The number of carbonyl (C=O) groups excluding carboxylic acids is 2. The van der Waals surface area contributed by atoms with Crippen LogP contribution in [-0.2, 0) is 11.0 Å². The van der Waals surface area contributed by atoms with Gasteiger partial charge >= 0.3 is 12.1 Å². The number of aryl methyl sites for hydroxylation is 1. The lowest BCUT2D eigenvalue weighted by Gasteiger charge is -2.35. The van der Waals surface area contributed by atoms with E-state index in [-0.39, 0.29) is 65.5 Å². The molecule has 1 atom stereocenters. The Hall–Kier alpha value is -2.39. The number of aromatic nitrogens is 2. The lowest BCUT2D eigenvalue weighted by molar-refractivity contribution is -0.147. The van der Waals surface area contributed by atoms with Crippen molar-refractivity contribution >= 4 is 40.7 Å². The molecule has 4 rings (SSSR count). The number of aliphatic carboxylic acids is 1. The Morgan fingerprint density at radius 1 is 1.05 bits per heavy atom. The van der Waals surface area contributed by atoms with Crippen LogP contribution < -0.4 is 0 Å². The van der Waals surface area contributed by atoms with Crippen LogP contribution >= 0.6 is 23.2 Å². The second-order valence-electron chi connectivity index (χ2n) is 12.8. The number of carboxylic acid groups (broad SMARTS) is 1. The SMILES string of the molecule is Cc1cc(Cl)c(C(=O)CC(CC2CCC(C)(C)CC2)C(=O)c2cnn(C3CCC(C(=O)O)CC3)c2C(F)(F)F)c(Cl)c1. The highest BCUT2D eigenvalue weighted by Gasteiger charge is 2.44. The van der Waals surface area contributed by atoms with E-state index in [1.165, 1.54) is 0 Å². The van der Waals surface area contributed by atoms with Gasteiger partial charge in [-0.2, -0.15) is 18.3 Å². The van der Waals surface area contributed by atoms with Crippen LogP contribution in [0.3, 0.4) is 0 Å². The summed E-state index contributed by atoms with van der Waals surface area (Å²) in [7, 11) is 0. The first-order valence-electron chi connectivity index (χ1n) is 14.5. The molecular formula is C31H37Cl2F3N2O4. The monoisotopic (exact) mass is 628 g/mol. The predicted molar refractivity (Wildman–Crippen MR) is 154 cm³/mol. The van der Waals surface area contributed by atoms with E-state index in [1.54, 1.807) is 19.1 Å². The number of hydrogen-bond donors (Lipinski definition) is 1. The topological polar surface area (TPSA) is 89.3 Å². The zero-order valence-corrected chi connectivity index (χ0v) is 25.6. The van der Waals surface area contributed by atoms with Crippen molar-refractivity contribution in [3.05, 3.63) is 50.8 Å². The van der Waals surface area contributed by atoms with Crippen molar-refractivity contribution in [2.24, 2.45) is 23.2 Å². The summed E-state index contributed by atoms with van der Waals surface area (Å²) in [6, 6.07) is 2.50. The summed E-state index contributed by atoms with van der Waals surface area (Å²) in [6.07, 6.45) is 0.381. The zero-order valence-electron chi connectivity index (χ0n) is 24.1. The van der Waals surface area contributed by atoms with Crippen molar-refractivity contribution in [1.82, 2.24) is 9.78 Å². The third-order valence-electron chi connectivity index (χ3n) is 9.07. The quantitative estimate of drug-likeness (QED) is 0.280. The first kappa shape index (κ1) is 32.5. The molecule has 2 aromatic rings. The highest BCUT2D eigenvalue weighted by Crippen LogP contribution is 2.43. The molecule has 0 spiro atoms. The zero-order chi connectivity index (χ0) is 31.0. The lowest BCUT2D eigenvalue weighted by Crippen LogP contribution is -2.29. The van der Waals surface area contributed by atoms with Crippen LogP contribution in [0.4, 0.5) is 13.2 Å². The van der Waals surface area contributed by atoms with Crippen molar-refractivity contribution in [2.75, 3.05) is 0 Å². The minimum atomic E-state index is -4.88. The van der Waals surface area contributed by atoms with E-state index in [0.717, 1.165) is 42.1 Å². The van der Waals surface area contributed by atoms with Crippen molar-refractivity contribution in [3.8, 4) is 0 Å². The number of halogens is 5. The predicted octanol–water partition coefficient (Wildman–Crippen LogP) is 9.01. The number of Topliss-reactive ketones (excluding diaryl/α,β-unsaturated/α-hetero) is 2. The Labute approximate surface area is 253 Å². The number of hydrogen-bond acceptors (Lipinski definition) is 4. The molecule has 0 aliphatic heterocycles. The maximum Gasteiger partial charge on any atom is 0.433 e. The summed E-state index contributed by atoms with van der Waals surface area (Å²) < 4.78 is 44.4. The maximum atomic E-state index is 14.5. The molecule has 0 bridgehead atoms. The molecule has 1 unspecified atom stereocenters. The van der Waals surface area contributed by atoms with Crippen LogP contribution in [0.1, 0.15) is 116 Å². The fourth-order valence-electron chi connectivity index (χ4n) is 6.56. The molecule has 230 valence electrons. The highest BCUT2D eigenvalue weighted by atomic mass is 35.5. The average Bonchev–Trinajstić information content (AvgIpc) is 3.34. The summed E-state index contributed by atoms with van der Waals surface area (Å²) >= 11 is 12.7. The van der Waals surface area contributed by atoms with E-state index in [1.807, 2.05) is 0 Å².